The predicted octanol–water partition coefficient (Wildman–Crippen LogP) is 5.69. The molecule has 1 fully saturated rings. The third-order valence-corrected chi connectivity index (χ3v) is 8.03. The van der Waals surface area contributed by atoms with E-state index in [1.54, 1.807) is 18.3 Å². The molecule has 7 nitrogen and oxygen atoms in total. The van der Waals surface area contributed by atoms with Gasteiger partial charge in [-0.2, -0.15) is 0 Å². The Balaban J connectivity index is 1.32. The lowest BCUT2D eigenvalue weighted by Crippen LogP contribution is -2.41. The Morgan fingerprint density at radius 1 is 1.05 bits per heavy atom. The summed E-state index contributed by atoms with van der Waals surface area (Å²) < 4.78 is 18.8. The molecule has 196 valence electrons. The summed E-state index contributed by atoms with van der Waals surface area (Å²) >= 11 is 3.39. The molecule has 0 unspecified atom stereocenters. The van der Waals surface area contributed by atoms with E-state index in [1.807, 2.05) is 52.0 Å². The standard InChI is InChI=1S/C29H30BBrN2O5/c1-28(2)29(3,4)38-30(37-28)19(13-18-14-20(31)16-32-26(18)34)15-33-27(35)36-17-25-23-11-7-5-9-21(23)22-10-6-8-12-24(22)25/h5-14,16,25H,15,17H2,1-4H3,(H,32,34)(H,33,35). The summed E-state index contributed by atoms with van der Waals surface area (Å²) in [5, 5.41) is 2.83. The van der Waals surface area contributed by atoms with Gasteiger partial charge in [0.25, 0.3) is 5.56 Å². The number of alkyl carbamates (subject to hydrolysis) is 1. The summed E-state index contributed by atoms with van der Waals surface area (Å²) in [6, 6.07) is 18.1. The van der Waals surface area contributed by atoms with E-state index in [9.17, 15) is 9.59 Å². The van der Waals surface area contributed by atoms with E-state index in [-0.39, 0.29) is 24.6 Å². The fourth-order valence-corrected chi connectivity index (χ4v) is 5.16. The molecule has 0 radical (unpaired) electrons. The van der Waals surface area contributed by atoms with Gasteiger partial charge in [0.15, 0.2) is 0 Å². The minimum atomic E-state index is -0.743. The largest absolute Gasteiger partial charge is 0.492 e. The molecule has 3 aromatic rings. The number of hydrogen-bond donors (Lipinski definition) is 2. The number of fused-ring (bicyclic) bond motifs is 3. The number of H-pyrrole nitrogens is 1. The van der Waals surface area contributed by atoms with Crippen LogP contribution in [0.1, 0.15) is 50.3 Å². The third-order valence-electron chi connectivity index (χ3n) is 7.57. The molecular formula is C29H30BBrN2O5. The lowest BCUT2D eigenvalue weighted by atomic mass is 9.77. The van der Waals surface area contributed by atoms with Crippen LogP contribution in [-0.4, -0.2) is 42.5 Å². The Bertz CT molecular complexity index is 1400. The predicted molar refractivity (Wildman–Crippen MR) is 152 cm³/mol. The van der Waals surface area contributed by atoms with Crippen molar-refractivity contribution in [3.8, 4) is 11.1 Å². The Morgan fingerprint density at radius 3 is 2.24 bits per heavy atom. The van der Waals surface area contributed by atoms with Crippen molar-refractivity contribution in [2.24, 2.45) is 0 Å². The molecule has 0 atom stereocenters. The van der Waals surface area contributed by atoms with E-state index in [0.29, 0.717) is 11.0 Å². The molecule has 9 heteroatoms. The zero-order valence-electron chi connectivity index (χ0n) is 21.8. The van der Waals surface area contributed by atoms with Crippen LogP contribution in [0.5, 0.6) is 0 Å². The van der Waals surface area contributed by atoms with Crippen molar-refractivity contribution in [2.75, 3.05) is 13.2 Å². The van der Waals surface area contributed by atoms with Gasteiger partial charge in [-0.1, -0.05) is 54.6 Å². The number of carbonyl (C=O) groups excluding carboxylic acids is 1. The summed E-state index contributed by atoms with van der Waals surface area (Å²) in [7, 11) is -0.743. The van der Waals surface area contributed by atoms with Gasteiger partial charge in [0.1, 0.15) is 6.61 Å². The molecule has 1 aliphatic heterocycles. The van der Waals surface area contributed by atoms with Crippen molar-refractivity contribution in [2.45, 2.75) is 44.8 Å². The van der Waals surface area contributed by atoms with Crippen molar-refractivity contribution in [3.63, 3.8) is 0 Å². The zero-order valence-corrected chi connectivity index (χ0v) is 23.4. The van der Waals surface area contributed by atoms with Gasteiger partial charge in [0.2, 0.25) is 0 Å². The molecule has 0 bridgehead atoms. The quantitative estimate of drug-likeness (QED) is 0.368. The molecule has 2 heterocycles. The van der Waals surface area contributed by atoms with Crippen LogP contribution in [0, 0.1) is 0 Å². The van der Waals surface area contributed by atoms with Gasteiger partial charge in [-0.25, -0.2) is 4.79 Å². The molecule has 0 saturated carbocycles. The molecule has 2 aliphatic rings. The summed E-state index contributed by atoms with van der Waals surface area (Å²) in [5.41, 5.74) is 4.22. The van der Waals surface area contributed by atoms with Gasteiger partial charge in [-0.15, -0.1) is 0 Å². The van der Waals surface area contributed by atoms with Crippen molar-refractivity contribution >= 4 is 35.2 Å². The van der Waals surface area contributed by atoms with Crippen LogP contribution in [0.3, 0.4) is 0 Å². The first-order valence-electron chi connectivity index (χ1n) is 12.6. The van der Waals surface area contributed by atoms with Gasteiger partial charge in [0.05, 0.1) is 11.2 Å². The van der Waals surface area contributed by atoms with Gasteiger partial charge in [-0.3, -0.25) is 4.79 Å². The molecule has 1 aromatic heterocycles. The normalized spacial score (nSPS) is 17.7. The number of halogens is 1. The van der Waals surface area contributed by atoms with E-state index in [1.165, 1.54) is 11.1 Å². The highest BCUT2D eigenvalue weighted by atomic mass is 79.9. The summed E-state index contributed by atoms with van der Waals surface area (Å²) in [6.07, 6.45) is 2.70. The number of benzene rings is 2. The smallest absolute Gasteiger partial charge is 0.449 e. The maximum Gasteiger partial charge on any atom is 0.492 e. The molecule has 0 spiro atoms. The molecule has 5 rings (SSSR count). The van der Waals surface area contributed by atoms with Crippen molar-refractivity contribution in [1.29, 1.82) is 0 Å². The number of hydrogen-bond acceptors (Lipinski definition) is 5. The second-order valence-electron chi connectivity index (χ2n) is 10.6. The minimum Gasteiger partial charge on any atom is -0.449 e. The first kappa shape index (κ1) is 26.5. The maximum absolute atomic E-state index is 12.9. The summed E-state index contributed by atoms with van der Waals surface area (Å²) in [6.45, 7) is 8.11. The SMILES string of the molecule is CC1(C)OB(C(=Cc2cc(Br)c[nH]c2=O)CNC(=O)OCC2c3ccccc3-c3ccccc32)OC1(C)C. The fraction of sp³-hybridized carbons (Fsp3) is 0.310. The number of nitrogens with one attached hydrogen (secondary N) is 2. The first-order valence-corrected chi connectivity index (χ1v) is 13.4. The lowest BCUT2D eigenvalue weighted by Gasteiger charge is -2.32. The van der Waals surface area contributed by atoms with Crippen LogP contribution in [-0.2, 0) is 14.0 Å². The Hall–Kier alpha value is -3.14. The number of aromatic nitrogens is 1. The number of aromatic amines is 1. The molecule has 1 saturated heterocycles. The minimum absolute atomic E-state index is 0.0357. The second kappa shape index (κ2) is 10.2. The van der Waals surface area contributed by atoms with Crippen molar-refractivity contribution < 1.29 is 18.8 Å². The van der Waals surface area contributed by atoms with Crippen LogP contribution in [0.25, 0.3) is 17.2 Å². The number of rotatable bonds is 6. The highest BCUT2D eigenvalue weighted by Crippen LogP contribution is 2.44. The molecule has 1 amide bonds. The number of amides is 1. The van der Waals surface area contributed by atoms with E-state index in [4.69, 9.17) is 14.0 Å². The van der Waals surface area contributed by atoms with Gasteiger partial charge < -0.3 is 24.3 Å². The molecular weight excluding hydrogens is 547 g/mol. The van der Waals surface area contributed by atoms with Crippen LogP contribution in [0.2, 0.25) is 0 Å². The Labute approximate surface area is 230 Å². The third kappa shape index (κ3) is 5.10. The van der Waals surface area contributed by atoms with Crippen LogP contribution in [0.15, 0.2) is 75.5 Å². The average Bonchev–Trinajstić information content (AvgIpc) is 3.31. The van der Waals surface area contributed by atoms with E-state index >= 15 is 0 Å². The topological polar surface area (TPSA) is 89.7 Å². The number of ether oxygens (including phenoxy) is 1. The lowest BCUT2D eigenvalue weighted by molar-refractivity contribution is 0.00578. The second-order valence-corrected chi connectivity index (χ2v) is 11.5. The Kier molecular flexibility index (Phi) is 7.11. The monoisotopic (exact) mass is 576 g/mol. The van der Waals surface area contributed by atoms with Crippen LogP contribution >= 0.6 is 15.9 Å². The number of pyridine rings is 1. The highest BCUT2D eigenvalue weighted by Gasteiger charge is 2.52. The molecule has 1 aliphatic carbocycles. The summed E-state index contributed by atoms with van der Waals surface area (Å²) in [4.78, 5) is 28.0. The number of carbonyl (C=O) groups is 1. The summed E-state index contributed by atoms with van der Waals surface area (Å²) in [5.74, 6) is -0.0357. The highest BCUT2D eigenvalue weighted by molar-refractivity contribution is 9.10. The fourth-order valence-electron chi connectivity index (χ4n) is 4.80. The average molecular weight is 577 g/mol. The van der Waals surface area contributed by atoms with Gasteiger partial charge >= 0.3 is 13.2 Å². The van der Waals surface area contributed by atoms with Crippen molar-refractivity contribution in [1.82, 2.24) is 10.3 Å². The Morgan fingerprint density at radius 2 is 1.63 bits per heavy atom. The first-order chi connectivity index (χ1) is 18.1. The molecule has 2 aromatic carbocycles. The van der Waals surface area contributed by atoms with E-state index in [2.05, 4.69) is 50.5 Å². The van der Waals surface area contributed by atoms with E-state index < -0.39 is 24.4 Å². The van der Waals surface area contributed by atoms with Gasteiger partial charge in [-0.05, 0) is 77.4 Å². The van der Waals surface area contributed by atoms with Crippen LogP contribution < -0.4 is 10.9 Å². The maximum atomic E-state index is 12.9. The molecule has 2 N–H and O–H groups in total. The van der Waals surface area contributed by atoms with Crippen molar-refractivity contribution in [3.05, 3.63) is 97.8 Å². The zero-order chi connectivity index (χ0) is 27.1. The molecule has 38 heavy (non-hydrogen) atoms. The van der Waals surface area contributed by atoms with E-state index in [0.717, 1.165) is 15.6 Å². The van der Waals surface area contributed by atoms with Gasteiger partial charge in [0, 0.05) is 28.7 Å². The van der Waals surface area contributed by atoms with Crippen LogP contribution in [0.4, 0.5) is 4.79 Å².